The predicted molar refractivity (Wildman–Crippen MR) is 148 cm³/mol. The molecule has 0 saturated carbocycles. The minimum absolute atomic E-state index is 0.120. The third-order valence-electron chi connectivity index (χ3n) is 5.87. The fraction of sp³-hybridized carbons (Fsp3) is 0.286. The van der Waals surface area contributed by atoms with Crippen LogP contribution in [-0.2, 0) is 16.8 Å². The summed E-state index contributed by atoms with van der Waals surface area (Å²) in [6.07, 6.45) is 5.25. The molecule has 0 spiro atoms. The molecule has 0 atom stereocenters. The normalized spacial score (nSPS) is 11.5. The van der Waals surface area contributed by atoms with Crippen molar-refractivity contribution in [3.8, 4) is 0 Å². The minimum Gasteiger partial charge on any atom is -0.365 e. The minimum atomic E-state index is -0.300. The van der Waals surface area contributed by atoms with Gasteiger partial charge in [0.25, 0.3) is 5.91 Å². The van der Waals surface area contributed by atoms with Gasteiger partial charge in [0.05, 0.1) is 12.1 Å². The van der Waals surface area contributed by atoms with Gasteiger partial charge in [0, 0.05) is 41.9 Å². The molecule has 192 valence electrons. The number of pyridine rings is 2. The Balaban J connectivity index is 1.54. The number of carbonyl (C=O) groups is 2. The van der Waals surface area contributed by atoms with Crippen LogP contribution in [0.2, 0.25) is 0 Å². The number of carbonyl (C=O) groups excluding carboxylic acids is 2. The predicted octanol–water partition coefficient (Wildman–Crippen LogP) is 4.62. The highest BCUT2D eigenvalue weighted by molar-refractivity contribution is 6.08. The summed E-state index contributed by atoms with van der Waals surface area (Å²) < 4.78 is 0. The van der Waals surface area contributed by atoms with Crippen molar-refractivity contribution in [1.29, 1.82) is 0 Å². The molecule has 0 radical (unpaired) electrons. The zero-order valence-electron chi connectivity index (χ0n) is 21.8. The molecule has 4 aromatic rings. The summed E-state index contributed by atoms with van der Waals surface area (Å²) in [5, 5.41) is 10.3. The quantitative estimate of drug-likeness (QED) is 0.281. The Hall–Kier alpha value is -4.24. The Morgan fingerprint density at radius 1 is 1.00 bits per heavy atom. The van der Waals surface area contributed by atoms with E-state index in [9.17, 15) is 9.59 Å². The number of hydrogen-bond acceptors (Lipinski definition) is 6. The Labute approximate surface area is 216 Å². The van der Waals surface area contributed by atoms with E-state index in [1.165, 1.54) is 0 Å². The van der Waals surface area contributed by atoms with E-state index in [4.69, 9.17) is 0 Å². The second-order valence-corrected chi connectivity index (χ2v) is 10.2. The van der Waals surface area contributed by atoms with Crippen molar-refractivity contribution in [1.82, 2.24) is 19.9 Å². The topological polar surface area (TPSA) is 115 Å². The van der Waals surface area contributed by atoms with Gasteiger partial charge in [-0.1, -0.05) is 26.8 Å². The van der Waals surface area contributed by atoms with Crippen LogP contribution in [0.1, 0.15) is 42.3 Å². The van der Waals surface area contributed by atoms with Crippen LogP contribution in [-0.4, -0.2) is 52.3 Å². The molecule has 4 N–H and O–H groups in total. The number of amides is 2. The maximum absolute atomic E-state index is 13.3. The molecule has 0 unspecified atom stereocenters. The lowest BCUT2D eigenvalue weighted by Gasteiger charge is -2.24. The molecule has 0 aliphatic carbocycles. The van der Waals surface area contributed by atoms with Gasteiger partial charge in [-0.25, -0.2) is 9.97 Å². The third-order valence-corrected chi connectivity index (χ3v) is 5.87. The Morgan fingerprint density at radius 3 is 2.57 bits per heavy atom. The summed E-state index contributed by atoms with van der Waals surface area (Å²) in [7, 11) is 3.69. The van der Waals surface area contributed by atoms with Crippen LogP contribution < -0.4 is 16.0 Å². The molecule has 4 rings (SSSR count). The number of H-pyrrole nitrogens is 1. The van der Waals surface area contributed by atoms with Crippen molar-refractivity contribution in [2.45, 2.75) is 32.7 Å². The number of likely N-dealkylation sites (N-methyl/N-ethyl adjacent to an activating group) is 1. The molecule has 2 amide bonds. The van der Waals surface area contributed by atoms with E-state index in [0.717, 1.165) is 22.2 Å². The smallest absolute Gasteiger partial charge is 0.259 e. The van der Waals surface area contributed by atoms with Crippen molar-refractivity contribution >= 4 is 40.0 Å². The lowest BCUT2D eigenvalue weighted by Crippen LogP contribution is -2.28. The number of nitrogens with one attached hydrogen (secondary N) is 4. The van der Waals surface area contributed by atoms with Gasteiger partial charge in [-0.15, -0.1) is 0 Å². The van der Waals surface area contributed by atoms with Crippen molar-refractivity contribution in [2.75, 3.05) is 36.6 Å². The standard InChI is InChI=1S/C28H33N7O2/c1-28(2,3)22-9-8-19(15-23(22)34-24(36)17-35(4)5)33-27(37)21-7-6-12-29-26(21)32-16-18-10-13-30-25-20(18)11-14-31-25/h6-15H,16-17H2,1-5H3,(H,29,32)(H,30,31)(H,33,37)(H,34,36). The second-order valence-electron chi connectivity index (χ2n) is 10.2. The molecule has 0 fully saturated rings. The van der Waals surface area contributed by atoms with Crippen LogP contribution in [0.25, 0.3) is 11.0 Å². The van der Waals surface area contributed by atoms with E-state index < -0.39 is 0 Å². The van der Waals surface area contributed by atoms with Crippen molar-refractivity contribution in [2.24, 2.45) is 0 Å². The molecule has 0 bridgehead atoms. The molecule has 37 heavy (non-hydrogen) atoms. The largest absolute Gasteiger partial charge is 0.365 e. The van der Waals surface area contributed by atoms with Gasteiger partial charge in [-0.3, -0.25) is 9.59 Å². The maximum Gasteiger partial charge on any atom is 0.259 e. The molecule has 9 heteroatoms. The Kier molecular flexibility index (Phi) is 7.54. The molecule has 9 nitrogen and oxygen atoms in total. The Morgan fingerprint density at radius 2 is 1.81 bits per heavy atom. The molecule has 0 aliphatic rings. The number of benzene rings is 1. The number of aromatic nitrogens is 3. The molecular formula is C28H33N7O2. The third kappa shape index (κ3) is 6.31. The van der Waals surface area contributed by atoms with E-state index in [1.807, 2.05) is 49.5 Å². The van der Waals surface area contributed by atoms with Gasteiger partial charge in [0.1, 0.15) is 11.5 Å². The maximum atomic E-state index is 13.3. The summed E-state index contributed by atoms with van der Waals surface area (Å²) in [6, 6.07) is 13.0. The number of anilines is 3. The lowest BCUT2D eigenvalue weighted by atomic mass is 9.85. The van der Waals surface area contributed by atoms with Gasteiger partial charge >= 0.3 is 0 Å². The van der Waals surface area contributed by atoms with E-state index in [1.54, 1.807) is 30.6 Å². The Bertz CT molecular complexity index is 1420. The van der Waals surface area contributed by atoms with Crippen molar-refractivity contribution in [3.05, 3.63) is 77.7 Å². The van der Waals surface area contributed by atoms with Crippen LogP contribution in [0.15, 0.2) is 61.1 Å². The summed E-state index contributed by atoms with van der Waals surface area (Å²) in [5.41, 5.74) is 4.31. The first-order chi connectivity index (χ1) is 17.6. The number of hydrogen-bond donors (Lipinski definition) is 4. The van der Waals surface area contributed by atoms with Crippen molar-refractivity contribution < 1.29 is 9.59 Å². The molecule has 3 heterocycles. The first-order valence-corrected chi connectivity index (χ1v) is 12.1. The first-order valence-electron chi connectivity index (χ1n) is 12.1. The molecule has 3 aromatic heterocycles. The van der Waals surface area contributed by atoms with Gasteiger partial charge in [-0.2, -0.15) is 0 Å². The second kappa shape index (κ2) is 10.8. The van der Waals surface area contributed by atoms with E-state index >= 15 is 0 Å². The van der Waals surface area contributed by atoms with Crippen LogP contribution in [0.4, 0.5) is 17.2 Å². The monoisotopic (exact) mass is 499 g/mol. The number of rotatable bonds is 8. The summed E-state index contributed by atoms with van der Waals surface area (Å²) in [5.74, 6) is 0.0582. The molecule has 0 aliphatic heterocycles. The number of nitrogens with zero attached hydrogens (tertiary/aromatic N) is 3. The highest BCUT2D eigenvalue weighted by atomic mass is 16.2. The number of fused-ring (bicyclic) bond motifs is 1. The average Bonchev–Trinajstić information content (AvgIpc) is 3.31. The van der Waals surface area contributed by atoms with Crippen LogP contribution in [0.5, 0.6) is 0 Å². The van der Waals surface area contributed by atoms with Crippen LogP contribution in [0.3, 0.4) is 0 Å². The summed E-state index contributed by atoms with van der Waals surface area (Å²) >= 11 is 0. The highest BCUT2D eigenvalue weighted by Gasteiger charge is 2.21. The van der Waals surface area contributed by atoms with Gasteiger partial charge in [0.2, 0.25) is 5.91 Å². The van der Waals surface area contributed by atoms with Gasteiger partial charge in [0.15, 0.2) is 0 Å². The SMILES string of the molecule is CN(C)CC(=O)Nc1cc(NC(=O)c2cccnc2NCc2ccnc3[nH]ccc23)ccc1C(C)(C)C. The average molecular weight is 500 g/mol. The molecule has 1 aromatic carbocycles. The van der Waals surface area contributed by atoms with E-state index in [-0.39, 0.29) is 23.8 Å². The fourth-order valence-corrected chi connectivity index (χ4v) is 4.14. The van der Waals surface area contributed by atoms with Gasteiger partial charge in [-0.05, 0) is 67.0 Å². The van der Waals surface area contributed by atoms with Crippen LogP contribution >= 0.6 is 0 Å². The molecular weight excluding hydrogens is 466 g/mol. The van der Waals surface area contributed by atoms with Crippen LogP contribution in [0, 0.1) is 0 Å². The summed E-state index contributed by atoms with van der Waals surface area (Å²) in [4.78, 5) is 39.4. The summed E-state index contributed by atoms with van der Waals surface area (Å²) in [6.45, 7) is 6.99. The van der Waals surface area contributed by atoms with Gasteiger partial charge < -0.3 is 25.8 Å². The lowest BCUT2D eigenvalue weighted by molar-refractivity contribution is -0.116. The van der Waals surface area contributed by atoms with Crippen molar-refractivity contribution in [3.63, 3.8) is 0 Å². The zero-order valence-corrected chi connectivity index (χ0v) is 21.8. The zero-order chi connectivity index (χ0) is 26.6. The molecule has 0 saturated heterocycles. The van der Waals surface area contributed by atoms with E-state index in [2.05, 4.69) is 51.7 Å². The number of aromatic amines is 1. The highest BCUT2D eigenvalue weighted by Crippen LogP contribution is 2.32. The first kappa shape index (κ1) is 25.8. The fourth-order valence-electron chi connectivity index (χ4n) is 4.14. The van der Waals surface area contributed by atoms with E-state index in [0.29, 0.717) is 29.3 Å².